The van der Waals surface area contributed by atoms with E-state index >= 15 is 4.39 Å². The number of fused-ring (bicyclic) bond motifs is 1. The zero-order chi connectivity index (χ0) is 23.8. The van der Waals surface area contributed by atoms with Crippen molar-refractivity contribution in [3.63, 3.8) is 0 Å². The van der Waals surface area contributed by atoms with E-state index in [4.69, 9.17) is 14.7 Å². The van der Waals surface area contributed by atoms with Crippen LogP contribution >= 0.6 is 23.5 Å². The topological polar surface area (TPSA) is 244 Å². The molecular formula is C10H13F2N2O14P3. The third kappa shape index (κ3) is 4.04. The van der Waals surface area contributed by atoms with Crippen LogP contribution in [0.4, 0.5) is 8.78 Å². The van der Waals surface area contributed by atoms with Crippen LogP contribution in [0, 0.1) is 0 Å². The molecule has 0 bridgehead atoms. The van der Waals surface area contributed by atoms with Gasteiger partial charge in [0.1, 0.15) is 5.60 Å². The fraction of sp³-hybridized carbons (Fsp3) is 0.600. The summed E-state index contributed by atoms with van der Waals surface area (Å²) in [5, 5.41) is 10.5. The molecule has 176 valence electrons. The first-order chi connectivity index (χ1) is 13.8. The quantitative estimate of drug-likeness (QED) is 0.236. The first-order valence-electron chi connectivity index (χ1n) is 7.67. The highest BCUT2D eigenvalue weighted by Crippen LogP contribution is 2.75. The molecule has 16 nitrogen and oxygen atoms in total. The third-order valence-electron chi connectivity index (χ3n) is 4.37. The number of ether oxygens (including phenoxy) is 1. The van der Waals surface area contributed by atoms with Crippen molar-refractivity contribution >= 4 is 23.5 Å². The van der Waals surface area contributed by atoms with Crippen LogP contribution in [-0.2, 0) is 31.6 Å². The average Bonchev–Trinajstić information content (AvgIpc) is 2.91. The molecule has 3 rings (SSSR count). The maximum absolute atomic E-state index is 15.3. The van der Waals surface area contributed by atoms with E-state index in [1.807, 2.05) is 0 Å². The van der Waals surface area contributed by atoms with Gasteiger partial charge in [-0.3, -0.25) is 18.9 Å². The Balaban J connectivity index is 1.84. The molecule has 1 saturated carbocycles. The molecule has 1 saturated heterocycles. The molecule has 2 aliphatic rings. The van der Waals surface area contributed by atoms with E-state index in [2.05, 4.69) is 17.9 Å². The van der Waals surface area contributed by atoms with Crippen molar-refractivity contribution in [3.05, 3.63) is 33.1 Å². The highest BCUT2D eigenvalue weighted by molar-refractivity contribution is 7.66. The number of alkyl halides is 2. The number of aliphatic hydroxyl groups is 1. The zero-order valence-electron chi connectivity index (χ0n) is 14.8. The van der Waals surface area contributed by atoms with Gasteiger partial charge in [-0.1, -0.05) is 0 Å². The molecule has 7 atom stereocenters. The number of nitrogens with zero attached hydrogens (tertiary/aromatic N) is 1. The molecule has 0 spiro atoms. The minimum Gasteiger partial charge on any atom is -0.382 e. The SMILES string of the molecule is C[C@]1(O)[C@H](n2ccc(=O)[nH]c2=O)O[C@]2(F)[C@@H](OP(=O)(O)OP(=O)(O)OP(=O)(O)O)[C@]12F. The number of rotatable bonds is 7. The summed E-state index contributed by atoms with van der Waals surface area (Å²) >= 11 is 0. The van der Waals surface area contributed by atoms with Gasteiger partial charge < -0.3 is 29.4 Å². The van der Waals surface area contributed by atoms with Crippen LogP contribution in [0.5, 0.6) is 0 Å². The van der Waals surface area contributed by atoms with Crippen molar-refractivity contribution in [1.29, 1.82) is 0 Å². The summed E-state index contributed by atoms with van der Waals surface area (Å²) in [6.45, 7) is 0.622. The average molecular weight is 516 g/mol. The molecule has 1 aromatic heterocycles. The van der Waals surface area contributed by atoms with Crippen molar-refractivity contribution in [2.24, 2.45) is 0 Å². The second kappa shape index (κ2) is 6.93. The number of H-pyrrole nitrogens is 1. The maximum Gasteiger partial charge on any atom is 0.490 e. The van der Waals surface area contributed by atoms with Crippen LogP contribution in [0.25, 0.3) is 0 Å². The van der Waals surface area contributed by atoms with Gasteiger partial charge in [0.05, 0.1) is 0 Å². The lowest BCUT2D eigenvalue weighted by atomic mass is 9.96. The molecular weight excluding hydrogens is 503 g/mol. The lowest BCUT2D eigenvalue weighted by Gasteiger charge is -2.31. The van der Waals surface area contributed by atoms with E-state index in [-0.39, 0.29) is 0 Å². The number of halogens is 2. The lowest BCUT2D eigenvalue weighted by molar-refractivity contribution is -0.178. The normalized spacial score (nSPS) is 38.8. The summed E-state index contributed by atoms with van der Waals surface area (Å²) in [4.78, 5) is 60.1. The van der Waals surface area contributed by atoms with Gasteiger partial charge in [0.25, 0.3) is 11.4 Å². The van der Waals surface area contributed by atoms with Crippen LogP contribution in [0.15, 0.2) is 21.9 Å². The standard InChI is InChI=1S/C10H13F2N2O14P3/c1-8(17)6(14-3-2-4(15)13-7(14)16)25-10(12)5(9(8,10)11)26-30(21,22)28-31(23,24)27-29(18,19)20/h2-3,5-6,17H,1H3,(H,21,22)(H,23,24)(H,13,15,16)(H2,18,19,20)/t5-,6+,8-,9-,10+/m0/s1. The molecule has 1 aliphatic carbocycles. The smallest absolute Gasteiger partial charge is 0.382 e. The van der Waals surface area contributed by atoms with E-state index in [9.17, 15) is 37.7 Å². The summed E-state index contributed by atoms with van der Waals surface area (Å²) in [7, 11) is -17.6. The molecule has 0 radical (unpaired) electrons. The van der Waals surface area contributed by atoms with E-state index in [1.54, 1.807) is 4.98 Å². The van der Waals surface area contributed by atoms with Gasteiger partial charge in [-0.05, 0) is 6.92 Å². The number of phosphoric acid groups is 3. The Morgan fingerprint density at radius 1 is 1.13 bits per heavy atom. The number of hydrogen-bond donors (Lipinski definition) is 6. The van der Waals surface area contributed by atoms with Gasteiger partial charge in [-0.15, -0.1) is 0 Å². The molecule has 6 N–H and O–H groups in total. The van der Waals surface area contributed by atoms with E-state index in [1.165, 1.54) is 0 Å². The number of aromatic amines is 1. The molecule has 2 heterocycles. The molecule has 21 heteroatoms. The number of aromatic nitrogens is 2. The fourth-order valence-corrected chi connectivity index (χ4v) is 6.29. The largest absolute Gasteiger partial charge is 0.490 e. The van der Waals surface area contributed by atoms with Crippen LogP contribution in [0.1, 0.15) is 13.2 Å². The van der Waals surface area contributed by atoms with Crippen LogP contribution < -0.4 is 11.2 Å². The third-order valence-corrected chi connectivity index (χ3v) is 8.17. The Bertz CT molecular complexity index is 1180. The Kier molecular flexibility index (Phi) is 5.48. The Labute approximate surface area is 168 Å². The van der Waals surface area contributed by atoms with E-state index in [0.717, 1.165) is 12.3 Å². The minimum atomic E-state index is -5.97. The molecule has 31 heavy (non-hydrogen) atoms. The second-order valence-corrected chi connectivity index (χ2v) is 10.9. The van der Waals surface area contributed by atoms with Gasteiger partial charge in [-0.2, -0.15) is 8.62 Å². The second-order valence-electron chi connectivity index (χ2n) is 6.57. The van der Waals surface area contributed by atoms with Crippen molar-refractivity contribution in [2.45, 2.75) is 36.4 Å². The molecule has 0 aromatic carbocycles. The fourth-order valence-electron chi connectivity index (χ4n) is 3.08. The Hall–Kier alpha value is -1.13. The van der Waals surface area contributed by atoms with Gasteiger partial charge in [0, 0.05) is 12.3 Å². The maximum atomic E-state index is 15.3. The summed E-state index contributed by atoms with van der Waals surface area (Å²) < 4.78 is 79.9. The highest BCUT2D eigenvalue weighted by atomic mass is 31.3. The van der Waals surface area contributed by atoms with Crippen molar-refractivity contribution in [1.82, 2.24) is 9.55 Å². The summed E-state index contributed by atoms with van der Waals surface area (Å²) in [6, 6.07) is 0.768. The summed E-state index contributed by atoms with van der Waals surface area (Å²) in [5.41, 5.74) is -8.74. The van der Waals surface area contributed by atoms with Crippen LogP contribution in [0.3, 0.4) is 0 Å². The van der Waals surface area contributed by atoms with Crippen molar-refractivity contribution < 1.29 is 65.0 Å². The molecule has 1 aromatic rings. The van der Waals surface area contributed by atoms with Gasteiger partial charge in [0.15, 0.2) is 12.3 Å². The van der Waals surface area contributed by atoms with Crippen LogP contribution in [0.2, 0.25) is 0 Å². The summed E-state index contributed by atoms with van der Waals surface area (Å²) in [6.07, 6.45) is -4.13. The number of phosphoric ester groups is 1. The molecule has 2 unspecified atom stereocenters. The Morgan fingerprint density at radius 3 is 2.16 bits per heavy atom. The minimum absolute atomic E-state index is 0.415. The van der Waals surface area contributed by atoms with Crippen LogP contribution in [-0.4, -0.2) is 57.5 Å². The summed E-state index contributed by atoms with van der Waals surface area (Å²) in [5.74, 6) is -3.69. The number of hydrogen-bond acceptors (Lipinski definition) is 10. The predicted octanol–water partition coefficient (Wildman–Crippen LogP) is -1.08. The highest BCUT2D eigenvalue weighted by Gasteiger charge is 2.97. The van der Waals surface area contributed by atoms with Gasteiger partial charge >= 0.3 is 29.2 Å². The first kappa shape index (κ1) is 24.5. The van der Waals surface area contributed by atoms with E-state index in [0.29, 0.717) is 11.5 Å². The van der Waals surface area contributed by atoms with Crippen molar-refractivity contribution in [2.75, 3.05) is 0 Å². The lowest BCUT2D eigenvalue weighted by Crippen LogP contribution is -2.49. The van der Waals surface area contributed by atoms with Gasteiger partial charge in [0.2, 0.25) is 5.67 Å². The molecule has 1 aliphatic heterocycles. The predicted molar refractivity (Wildman–Crippen MR) is 88.5 cm³/mol. The zero-order valence-corrected chi connectivity index (χ0v) is 17.4. The number of nitrogens with one attached hydrogen (secondary N) is 1. The van der Waals surface area contributed by atoms with E-state index < -0.39 is 64.2 Å². The van der Waals surface area contributed by atoms with Gasteiger partial charge in [-0.25, -0.2) is 27.3 Å². The molecule has 0 amide bonds. The van der Waals surface area contributed by atoms with Crippen molar-refractivity contribution in [3.8, 4) is 0 Å². The monoisotopic (exact) mass is 516 g/mol. The molecule has 2 fully saturated rings. The Morgan fingerprint density at radius 2 is 1.71 bits per heavy atom. The first-order valence-corrected chi connectivity index (χ1v) is 12.2.